The molecule has 0 bridgehead atoms. The van der Waals surface area contributed by atoms with Crippen LogP contribution in [-0.4, -0.2) is 27.3 Å². The van der Waals surface area contributed by atoms with Crippen LogP contribution in [0.15, 0.2) is 0 Å². The highest BCUT2D eigenvalue weighted by Gasteiger charge is 2.29. The van der Waals surface area contributed by atoms with E-state index in [0.29, 0.717) is 4.31 Å². The molecule has 9 heavy (non-hydrogen) atoms. The second-order valence-corrected chi connectivity index (χ2v) is 2.11. The number of hydrogen-bond donors (Lipinski definition) is 1. The standard InChI is InChI=1S/C4H4NO3S/c6-2-1-3(7)5(9)4(2)8/h2,6H,1H2/q-1. The largest absolute Gasteiger partial charge is 0.655 e. The van der Waals surface area contributed by atoms with Crippen molar-refractivity contribution in [2.24, 2.45) is 0 Å². The molecule has 1 rings (SSSR count). The van der Waals surface area contributed by atoms with Crippen LogP contribution in [0.5, 0.6) is 0 Å². The molecule has 0 spiro atoms. The van der Waals surface area contributed by atoms with Crippen molar-refractivity contribution in [2.75, 3.05) is 0 Å². The van der Waals surface area contributed by atoms with Gasteiger partial charge in [-0.2, -0.15) is 0 Å². The molecule has 1 aliphatic rings. The highest BCUT2D eigenvalue weighted by molar-refractivity contribution is 7.57. The first-order valence-electron chi connectivity index (χ1n) is 2.35. The first-order valence-corrected chi connectivity index (χ1v) is 2.71. The van der Waals surface area contributed by atoms with Gasteiger partial charge in [-0.1, -0.05) is 0 Å². The van der Waals surface area contributed by atoms with E-state index in [1.807, 2.05) is 0 Å². The summed E-state index contributed by atoms with van der Waals surface area (Å²) in [5.74, 6) is -1.18. The lowest BCUT2D eigenvalue weighted by Gasteiger charge is -2.18. The van der Waals surface area contributed by atoms with Crippen molar-refractivity contribution in [2.45, 2.75) is 12.5 Å². The van der Waals surface area contributed by atoms with E-state index in [1.165, 1.54) is 0 Å². The van der Waals surface area contributed by atoms with Crippen LogP contribution in [0.2, 0.25) is 0 Å². The first-order chi connectivity index (χ1) is 4.13. The van der Waals surface area contributed by atoms with E-state index >= 15 is 0 Å². The van der Waals surface area contributed by atoms with Crippen LogP contribution in [-0.2, 0) is 22.4 Å². The SMILES string of the molecule is O=C1CC(O)C(=O)N1[S-]. The fourth-order valence-electron chi connectivity index (χ4n) is 0.594. The first kappa shape index (κ1) is 6.57. The molecular weight excluding hydrogens is 142 g/mol. The highest BCUT2D eigenvalue weighted by atomic mass is 32.1. The Morgan fingerprint density at radius 2 is 2.22 bits per heavy atom. The van der Waals surface area contributed by atoms with Gasteiger partial charge in [0.25, 0.3) is 0 Å². The Balaban J connectivity index is 2.77. The topological polar surface area (TPSA) is 57.6 Å². The van der Waals surface area contributed by atoms with Crippen LogP contribution >= 0.6 is 0 Å². The number of imide groups is 1. The van der Waals surface area contributed by atoms with Gasteiger partial charge in [0, 0.05) is 0 Å². The van der Waals surface area contributed by atoms with E-state index in [-0.39, 0.29) is 6.42 Å². The number of hydrogen-bond acceptors (Lipinski definition) is 4. The minimum absolute atomic E-state index is 0.164. The van der Waals surface area contributed by atoms with Gasteiger partial charge in [-0.3, -0.25) is 9.59 Å². The molecule has 1 heterocycles. The van der Waals surface area contributed by atoms with Crippen molar-refractivity contribution in [1.29, 1.82) is 0 Å². The molecule has 0 aromatic heterocycles. The monoisotopic (exact) mass is 146 g/mol. The maximum Gasteiger partial charge on any atom is 0.236 e. The van der Waals surface area contributed by atoms with Crippen molar-refractivity contribution < 1.29 is 14.7 Å². The quantitative estimate of drug-likeness (QED) is 0.336. The molecule has 0 aliphatic carbocycles. The Labute approximate surface area is 57.0 Å². The molecular formula is C4H4NO3S-. The summed E-state index contributed by atoms with van der Waals surface area (Å²) in [6.45, 7) is 0. The van der Waals surface area contributed by atoms with E-state index in [9.17, 15) is 9.59 Å². The number of nitrogens with zero attached hydrogens (tertiary/aromatic N) is 1. The molecule has 1 N–H and O–H groups in total. The van der Waals surface area contributed by atoms with Crippen LogP contribution < -0.4 is 0 Å². The Morgan fingerprint density at radius 3 is 2.33 bits per heavy atom. The maximum atomic E-state index is 10.5. The van der Waals surface area contributed by atoms with Crippen LogP contribution in [0.4, 0.5) is 0 Å². The van der Waals surface area contributed by atoms with Crippen molar-refractivity contribution in [1.82, 2.24) is 4.31 Å². The number of rotatable bonds is 0. The maximum absolute atomic E-state index is 10.5. The third kappa shape index (κ3) is 0.927. The van der Waals surface area contributed by atoms with Crippen molar-refractivity contribution >= 4 is 24.6 Å². The number of carbonyl (C=O) groups excluding carboxylic acids is 2. The average Bonchev–Trinajstić information content (AvgIpc) is 1.98. The third-order valence-corrected chi connectivity index (χ3v) is 1.46. The number of aliphatic hydroxyl groups is 1. The number of amides is 2. The van der Waals surface area contributed by atoms with Crippen molar-refractivity contribution in [3.8, 4) is 0 Å². The summed E-state index contributed by atoms with van der Waals surface area (Å²) >= 11 is 4.30. The predicted molar refractivity (Wildman–Crippen MR) is 29.8 cm³/mol. The summed E-state index contributed by atoms with van der Waals surface area (Å²) in [5, 5.41) is 8.66. The second kappa shape index (κ2) is 2.00. The molecule has 1 saturated heterocycles. The highest BCUT2D eigenvalue weighted by Crippen LogP contribution is 2.09. The van der Waals surface area contributed by atoms with Gasteiger partial charge in [0.05, 0.1) is 6.42 Å². The minimum Gasteiger partial charge on any atom is -0.655 e. The number of carbonyl (C=O) groups is 2. The molecule has 1 aliphatic heterocycles. The lowest BCUT2D eigenvalue weighted by Crippen LogP contribution is -2.25. The minimum atomic E-state index is -1.20. The molecule has 4 nitrogen and oxygen atoms in total. The summed E-state index contributed by atoms with van der Waals surface area (Å²) < 4.78 is 0.519. The molecule has 0 aromatic rings. The summed E-state index contributed by atoms with van der Waals surface area (Å²) in [6.07, 6.45) is -1.36. The van der Waals surface area contributed by atoms with Gasteiger partial charge in [0.1, 0.15) is 6.10 Å². The zero-order chi connectivity index (χ0) is 7.02. The number of aliphatic hydroxyl groups excluding tert-OH is 1. The van der Waals surface area contributed by atoms with E-state index in [4.69, 9.17) is 5.11 Å². The van der Waals surface area contributed by atoms with Crippen molar-refractivity contribution in [3.63, 3.8) is 0 Å². The predicted octanol–water partition coefficient (Wildman–Crippen LogP) is -1.43. The molecule has 2 amide bonds. The lowest BCUT2D eigenvalue weighted by atomic mass is 10.3. The van der Waals surface area contributed by atoms with E-state index < -0.39 is 17.9 Å². The Morgan fingerprint density at radius 1 is 1.67 bits per heavy atom. The van der Waals surface area contributed by atoms with E-state index in [1.54, 1.807) is 0 Å². The van der Waals surface area contributed by atoms with Gasteiger partial charge < -0.3 is 22.2 Å². The lowest BCUT2D eigenvalue weighted by molar-refractivity contribution is -0.134. The van der Waals surface area contributed by atoms with Crippen LogP contribution in [0, 0.1) is 0 Å². The average molecular weight is 146 g/mol. The summed E-state index contributed by atoms with van der Waals surface area (Å²) in [4.78, 5) is 20.9. The van der Waals surface area contributed by atoms with Gasteiger partial charge in [0.15, 0.2) is 0 Å². The normalized spacial score (nSPS) is 27.8. The fraction of sp³-hybridized carbons (Fsp3) is 0.500. The summed E-state index contributed by atoms with van der Waals surface area (Å²) in [5.41, 5.74) is 0. The van der Waals surface area contributed by atoms with Crippen LogP contribution in [0.1, 0.15) is 6.42 Å². The van der Waals surface area contributed by atoms with Gasteiger partial charge in [-0.25, -0.2) is 0 Å². The van der Waals surface area contributed by atoms with Crippen molar-refractivity contribution in [3.05, 3.63) is 0 Å². The summed E-state index contributed by atoms with van der Waals surface area (Å²) in [7, 11) is 0. The smallest absolute Gasteiger partial charge is 0.236 e. The molecule has 0 radical (unpaired) electrons. The Bertz CT molecular complexity index is 169. The summed E-state index contributed by atoms with van der Waals surface area (Å²) in [6, 6.07) is 0. The Hall–Kier alpha value is -0.550. The Kier molecular flexibility index (Phi) is 1.46. The zero-order valence-electron chi connectivity index (χ0n) is 4.40. The fourth-order valence-corrected chi connectivity index (χ4v) is 0.790. The second-order valence-electron chi connectivity index (χ2n) is 1.75. The molecule has 50 valence electrons. The zero-order valence-corrected chi connectivity index (χ0v) is 5.22. The molecule has 0 saturated carbocycles. The van der Waals surface area contributed by atoms with Gasteiger partial charge in [-0.05, 0) is 0 Å². The van der Waals surface area contributed by atoms with E-state index in [2.05, 4.69) is 12.8 Å². The molecule has 1 unspecified atom stereocenters. The van der Waals surface area contributed by atoms with Gasteiger partial charge in [0.2, 0.25) is 11.8 Å². The third-order valence-electron chi connectivity index (χ3n) is 1.08. The van der Waals surface area contributed by atoms with E-state index in [0.717, 1.165) is 0 Å². The van der Waals surface area contributed by atoms with Gasteiger partial charge in [-0.15, -0.1) is 0 Å². The van der Waals surface area contributed by atoms with Gasteiger partial charge >= 0.3 is 0 Å². The van der Waals surface area contributed by atoms with Crippen LogP contribution in [0.25, 0.3) is 0 Å². The molecule has 1 atom stereocenters. The molecule has 1 fully saturated rings. The van der Waals surface area contributed by atoms with Crippen LogP contribution in [0.3, 0.4) is 0 Å². The molecule has 0 aromatic carbocycles. The molecule has 5 heteroatoms.